The molecule has 0 heterocycles. The van der Waals surface area contributed by atoms with Gasteiger partial charge in [-0.05, 0) is 57.8 Å². The summed E-state index contributed by atoms with van der Waals surface area (Å²) < 4.78 is 6.70. The molecular weight excluding hydrogens is 332 g/mol. The van der Waals surface area contributed by atoms with Crippen molar-refractivity contribution in [3.05, 3.63) is 64.1 Å². The number of aryl methyl sites for hydroxylation is 1. The second-order valence-electron chi connectivity index (χ2n) is 4.42. The zero-order valence-corrected chi connectivity index (χ0v) is 13.1. The number of rotatable bonds is 5. The fourth-order valence-corrected chi connectivity index (χ4v) is 2.36. The molecule has 0 aliphatic heterocycles. The summed E-state index contributed by atoms with van der Waals surface area (Å²) in [6, 6.07) is 13.3. The smallest absolute Gasteiger partial charge is 0.328 e. The first-order valence-corrected chi connectivity index (χ1v) is 7.35. The molecule has 0 amide bonds. The number of hydrogen-bond acceptors (Lipinski definition) is 2. The lowest BCUT2D eigenvalue weighted by Gasteiger charge is -2.11. The van der Waals surface area contributed by atoms with Crippen LogP contribution in [-0.4, -0.2) is 11.1 Å². The molecule has 0 saturated carbocycles. The van der Waals surface area contributed by atoms with Gasteiger partial charge in [0, 0.05) is 6.08 Å². The van der Waals surface area contributed by atoms with E-state index >= 15 is 0 Å². The third-order valence-corrected chi connectivity index (χ3v) is 3.57. The minimum Gasteiger partial charge on any atom is -0.478 e. The summed E-state index contributed by atoms with van der Waals surface area (Å²) in [5.41, 5.74) is 1.93. The molecular formula is C17H15BrO3. The maximum Gasteiger partial charge on any atom is 0.328 e. The number of carboxylic acid groups (broad SMARTS) is 1. The first-order valence-electron chi connectivity index (χ1n) is 6.56. The number of carboxylic acids is 1. The van der Waals surface area contributed by atoms with Crippen molar-refractivity contribution < 1.29 is 14.6 Å². The highest BCUT2D eigenvalue weighted by Crippen LogP contribution is 2.32. The van der Waals surface area contributed by atoms with Crippen molar-refractivity contribution in [2.75, 3.05) is 0 Å². The van der Waals surface area contributed by atoms with Crippen molar-refractivity contribution in [3.8, 4) is 11.5 Å². The van der Waals surface area contributed by atoms with E-state index in [1.807, 2.05) is 42.5 Å². The van der Waals surface area contributed by atoms with E-state index in [1.54, 1.807) is 0 Å². The highest BCUT2D eigenvalue weighted by molar-refractivity contribution is 9.10. The van der Waals surface area contributed by atoms with Crippen molar-refractivity contribution in [3.63, 3.8) is 0 Å². The molecule has 3 nitrogen and oxygen atoms in total. The van der Waals surface area contributed by atoms with Crippen molar-refractivity contribution in [1.82, 2.24) is 0 Å². The number of aliphatic carboxylic acids is 1. The Morgan fingerprint density at radius 1 is 1.24 bits per heavy atom. The third kappa shape index (κ3) is 4.20. The molecule has 0 aliphatic carbocycles. The predicted molar refractivity (Wildman–Crippen MR) is 86.7 cm³/mol. The van der Waals surface area contributed by atoms with E-state index in [4.69, 9.17) is 9.84 Å². The highest BCUT2D eigenvalue weighted by atomic mass is 79.9. The van der Waals surface area contributed by atoms with Gasteiger partial charge in [0.25, 0.3) is 0 Å². The van der Waals surface area contributed by atoms with E-state index < -0.39 is 5.97 Å². The zero-order valence-electron chi connectivity index (χ0n) is 11.5. The maximum absolute atomic E-state index is 10.5. The largest absolute Gasteiger partial charge is 0.478 e. The fourth-order valence-electron chi connectivity index (χ4n) is 1.88. The van der Waals surface area contributed by atoms with Crippen LogP contribution < -0.4 is 4.74 Å². The molecule has 1 N–H and O–H groups in total. The van der Waals surface area contributed by atoms with Gasteiger partial charge in [-0.1, -0.05) is 31.2 Å². The Morgan fingerprint density at radius 2 is 2.00 bits per heavy atom. The molecule has 0 atom stereocenters. The lowest BCUT2D eigenvalue weighted by atomic mass is 10.1. The van der Waals surface area contributed by atoms with E-state index in [1.165, 1.54) is 6.08 Å². The number of para-hydroxylation sites is 1. The molecule has 21 heavy (non-hydrogen) atoms. The molecule has 0 aromatic heterocycles. The summed E-state index contributed by atoms with van der Waals surface area (Å²) in [6.07, 6.45) is 3.54. The van der Waals surface area contributed by atoms with E-state index in [9.17, 15) is 4.79 Å². The first-order chi connectivity index (χ1) is 10.1. The average molecular weight is 347 g/mol. The SMILES string of the molecule is CCc1ccccc1Oc1ccc(/C=C/C(=O)O)cc1Br. The minimum absolute atomic E-state index is 0.698. The lowest BCUT2D eigenvalue weighted by Crippen LogP contribution is -1.91. The molecule has 0 fully saturated rings. The van der Waals surface area contributed by atoms with Crippen LogP contribution in [0.2, 0.25) is 0 Å². The van der Waals surface area contributed by atoms with Gasteiger partial charge in [-0.2, -0.15) is 0 Å². The van der Waals surface area contributed by atoms with Crippen LogP contribution in [0.3, 0.4) is 0 Å². The van der Waals surface area contributed by atoms with Crippen molar-refractivity contribution in [2.24, 2.45) is 0 Å². The Kier molecular flexibility index (Phi) is 5.17. The average Bonchev–Trinajstić information content (AvgIpc) is 2.48. The van der Waals surface area contributed by atoms with Gasteiger partial charge in [-0.3, -0.25) is 0 Å². The van der Waals surface area contributed by atoms with Crippen LogP contribution in [0.4, 0.5) is 0 Å². The number of carbonyl (C=O) groups is 1. The van der Waals surface area contributed by atoms with Gasteiger partial charge in [0.1, 0.15) is 11.5 Å². The van der Waals surface area contributed by atoms with Gasteiger partial charge in [0.05, 0.1) is 4.47 Å². The van der Waals surface area contributed by atoms with E-state index in [0.717, 1.165) is 33.8 Å². The summed E-state index contributed by atoms with van der Waals surface area (Å²) in [5, 5.41) is 8.63. The number of hydrogen-bond donors (Lipinski definition) is 1. The second kappa shape index (κ2) is 7.09. The summed E-state index contributed by atoms with van der Waals surface area (Å²) in [6.45, 7) is 2.08. The molecule has 0 spiro atoms. The Balaban J connectivity index is 2.23. The summed E-state index contributed by atoms with van der Waals surface area (Å²) in [5.74, 6) is 0.557. The molecule has 2 aromatic carbocycles. The van der Waals surface area contributed by atoms with Gasteiger partial charge in [0.2, 0.25) is 0 Å². The van der Waals surface area contributed by atoms with Gasteiger partial charge in [-0.25, -0.2) is 4.79 Å². The van der Waals surface area contributed by atoms with Crippen LogP contribution >= 0.6 is 15.9 Å². The Bertz CT molecular complexity index is 677. The molecule has 0 unspecified atom stereocenters. The molecule has 0 bridgehead atoms. The van der Waals surface area contributed by atoms with Crippen LogP contribution in [0.5, 0.6) is 11.5 Å². The van der Waals surface area contributed by atoms with Crippen LogP contribution in [0, 0.1) is 0 Å². The van der Waals surface area contributed by atoms with Crippen LogP contribution in [0.25, 0.3) is 6.08 Å². The summed E-state index contributed by atoms with van der Waals surface area (Å²) in [7, 11) is 0. The normalized spacial score (nSPS) is 10.8. The molecule has 4 heteroatoms. The number of benzene rings is 2. The minimum atomic E-state index is -0.969. The topological polar surface area (TPSA) is 46.5 Å². The zero-order chi connectivity index (χ0) is 15.2. The molecule has 108 valence electrons. The number of ether oxygens (including phenoxy) is 1. The maximum atomic E-state index is 10.5. The van der Waals surface area contributed by atoms with Crippen molar-refractivity contribution in [1.29, 1.82) is 0 Å². The third-order valence-electron chi connectivity index (χ3n) is 2.95. The van der Waals surface area contributed by atoms with Crippen molar-refractivity contribution >= 4 is 28.0 Å². The molecule has 0 saturated heterocycles. The van der Waals surface area contributed by atoms with E-state index in [2.05, 4.69) is 22.9 Å². The van der Waals surface area contributed by atoms with Gasteiger partial charge in [0.15, 0.2) is 0 Å². The first kappa shape index (κ1) is 15.3. The van der Waals surface area contributed by atoms with Crippen LogP contribution in [-0.2, 0) is 11.2 Å². The molecule has 0 aliphatic rings. The van der Waals surface area contributed by atoms with Crippen LogP contribution in [0.1, 0.15) is 18.1 Å². The predicted octanol–water partition coefficient (Wildman–Crippen LogP) is 4.90. The fraction of sp³-hybridized carbons (Fsp3) is 0.118. The Hall–Kier alpha value is -2.07. The standard InChI is InChI=1S/C17H15BrO3/c1-2-13-5-3-4-6-15(13)21-16-9-7-12(11-14(16)18)8-10-17(19)20/h3-11H,2H2,1H3,(H,19,20)/b10-8+. The Labute approximate surface area is 132 Å². The second-order valence-corrected chi connectivity index (χ2v) is 5.28. The summed E-state index contributed by atoms with van der Waals surface area (Å²) >= 11 is 3.45. The summed E-state index contributed by atoms with van der Waals surface area (Å²) in [4.78, 5) is 10.5. The van der Waals surface area contributed by atoms with Gasteiger partial charge >= 0.3 is 5.97 Å². The van der Waals surface area contributed by atoms with E-state index in [0.29, 0.717) is 5.75 Å². The van der Waals surface area contributed by atoms with Crippen molar-refractivity contribution in [2.45, 2.75) is 13.3 Å². The van der Waals surface area contributed by atoms with Gasteiger partial charge in [-0.15, -0.1) is 0 Å². The van der Waals surface area contributed by atoms with E-state index in [-0.39, 0.29) is 0 Å². The molecule has 2 aromatic rings. The lowest BCUT2D eigenvalue weighted by molar-refractivity contribution is -0.131. The van der Waals surface area contributed by atoms with Gasteiger partial charge < -0.3 is 9.84 Å². The Morgan fingerprint density at radius 3 is 2.67 bits per heavy atom. The number of halogens is 1. The monoisotopic (exact) mass is 346 g/mol. The molecule has 0 radical (unpaired) electrons. The van der Waals surface area contributed by atoms with Crippen LogP contribution in [0.15, 0.2) is 53.0 Å². The molecule has 2 rings (SSSR count). The quantitative estimate of drug-likeness (QED) is 0.783. The highest BCUT2D eigenvalue weighted by Gasteiger charge is 2.06.